The van der Waals surface area contributed by atoms with Crippen LogP contribution in [0.15, 0.2) is 22.6 Å². The van der Waals surface area contributed by atoms with Crippen molar-refractivity contribution in [3.05, 3.63) is 34.0 Å². The minimum Gasteiger partial charge on any atom is -0.351 e. The molecule has 0 saturated carbocycles. The van der Waals surface area contributed by atoms with Crippen molar-refractivity contribution in [2.75, 3.05) is 7.05 Å². The summed E-state index contributed by atoms with van der Waals surface area (Å²) < 4.78 is 0. The van der Waals surface area contributed by atoms with E-state index in [1.54, 1.807) is 24.6 Å². The van der Waals surface area contributed by atoms with Crippen molar-refractivity contribution in [1.29, 1.82) is 0 Å². The van der Waals surface area contributed by atoms with Gasteiger partial charge in [-0.2, -0.15) is 5.10 Å². The summed E-state index contributed by atoms with van der Waals surface area (Å²) in [7, 11) is 1.75. The third-order valence-corrected chi connectivity index (χ3v) is 3.66. The molecule has 6 nitrogen and oxygen atoms in total. The number of guanidine groups is 1. The van der Waals surface area contributed by atoms with Crippen LogP contribution in [0.2, 0.25) is 0 Å². The van der Waals surface area contributed by atoms with Crippen LogP contribution < -0.4 is 10.6 Å². The predicted molar refractivity (Wildman–Crippen MR) is 97.2 cm³/mol. The third kappa shape index (κ3) is 5.62. The van der Waals surface area contributed by atoms with Gasteiger partial charge in [-0.3, -0.25) is 10.1 Å². The van der Waals surface area contributed by atoms with Crippen LogP contribution in [0, 0.1) is 0 Å². The summed E-state index contributed by atoms with van der Waals surface area (Å²) in [5, 5.41) is 16.5. The second-order valence-electron chi connectivity index (χ2n) is 4.68. The van der Waals surface area contributed by atoms with Gasteiger partial charge in [0.25, 0.3) is 0 Å². The van der Waals surface area contributed by atoms with Crippen molar-refractivity contribution >= 4 is 41.3 Å². The van der Waals surface area contributed by atoms with E-state index in [1.165, 1.54) is 0 Å². The maximum absolute atomic E-state index is 4.58. The summed E-state index contributed by atoms with van der Waals surface area (Å²) in [6.45, 7) is 5.64. The molecule has 0 saturated heterocycles. The number of rotatable bonds is 5. The van der Waals surface area contributed by atoms with Gasteiger partial charge in [-0.25, -0.2) is 4.98 Å². The van der Waals surface area contributed by atoms with Gasteiger partial charge < -0.3 is 10.6 Å². The number of aromatic amines is 1. The number of hydrogen-bond acceptors (Lipinski definition) is 4. The Bertz CT molecular complexity index is 549. The van der Waals surface area contributed by atoms with Crippen LogP contribution in [0.3, 0.4) is 0 Å². The molecule has 21 heavy (non-hydrogen) atoms. The van der Waals surface area contributed by atoms with E-state index in [1.807, 2.05) is 6.07 Å². The van der Waals surface area contributed by atoms with E-state index in [2.05, 4.69) is 50.0 Å². The van der Waals surface area contributed by atoms with Crippen LogP contribution in [0.4, 0.5) is 0 Å². The average molecular weight is 420 g/mol. The fourth-order valence-corrected chi connectivity index (χ4v) is 2.51. The van der Waals surface area contributed by atoms with Crippen molar-refractivity contribution < 1.29 is 0 Å². The molecule has 2 aromatic heterocycles. The Hall–Kier alpha value is -1.16. The lowest BCUT2D eigenvalue weighted by molar-refractivity contribution is 0.775. The minimum absolute atomic E-state index is 0. The summed E-state index contributed by atoms with van der Waals surface area (Å²) in [6.07, 6.45) is 1.73. The lowest BCUT2D eigenvalue weighted by atomic mass is 10.2. The van der Waals surface area contributed by atoms with Crippen molar-refractivity contribution in [2.24, 2.45) is 4.99 Å². The van der Waals surface area contributed by atoms with Crippen LogP contribution >= 0.6 is 35.3 Å². The Morgan fingerprint density at radius 2 is 2.14 bits per heavy atom. The van der Waals surface area contributed by atoms with Crippen molar-refractivity contribution in [2.45, 2.75) is 32.9 Å². The van der Waals surface area contributed by atoms with E-state index < -0.39 is 0 Å². The second kappa shape index (κ2) is 8.98. The first-order valence-electron chi connectivity index (χ1n) is 6.56. The Labute approximate surface area is 145 Å². The van der Waals surface area contributed by atoms with Crippen molar-refractivity contribution in [3.63, 3.8) is 0 Å². The smallest absolute Gasteiger partial charge is 0.191 e. The standard InChI is InChI=1S/C13H20N6S.HI/c1-9(2)11-8-20-12(18-11)7-16-13(14-3)15-6-10-4-5-17-19-10;/h4-5,8-9H,6-7H2,1-3H3,(H,17,19)(H2,14,15,16);1H. The Kier molecular flexibility index (Phi) is 7.65. The molecule has 0 amide bonds. The molecule has 0 bridgehead atoms. The minimum atomic E-state index is 0. The molecular formula is C13H21IN6S. The monoisotopic (exact) mass is 420 g/mol. The van der Waals surface area contributed by atoms with E-state index in [-0.39, 0.29) is 24.0 Å². The van der Waals surface area contributed by atoms with Crippen LogP contribution in [0.5, 0.6) is 0 Å². The number of nitrogens with zero attached hydrogens (tertiary/aromatic N) is 3. The summed E-state index contributed by atoms with van der Waals surface area (Å²) in [6, 6.07) is 1.93. The highest BCUT2D eigenvalue weighted by Crippen LogP contribution is 2.17. The number of thiazole rings is 1. The van der Waals surface area contributed by atoms with E-state index in [4.69, 9.17) is 0 Å². The zero-order valence-corrected chi connectivity index (χ0v) is 15.5. The third-order valence-electron chi connectivity index (χ3n) is 2.80. The molecule has 3 N–H and O–H groups in total. The molecule has 2 heterocycles. The van der Waals surface area contributed by atoms with Gasteiger partial charge in [-0.1, -0.05) is 13.8 Å². The first-order valence-corrected chi connectivity index (χ1v) is 7.44. The largest absolute Gasteiger partial charge is 0.351 e. The highest BCUT2D eigenvalue weighted by molar-refractivity contribution is 14.0. The molecule has 0 unspecified atom stereocenters. The summed E-state index contributed by atoms with van der Waals surface area (Å²) >= 11 is 1.67. The van der Waals surface area contributed by atoms with Crippen molar-refractivity contribution in [1.82, 2.24) is 25.8 Å². The molecule has 8 heteroatoms. The number of halogens is 1. The zero-order chi connectivity index (χ0) is 14.4. The molecule has 2 aromatic rings. The van der Waals surface area contributed by atoms with Gasteiger partial charge >= 0.3 is 0 Å². The van der Waals surface area contributed by atoms with Gasteiger partial charge in [0.05, 0.1) is 24.5 Å². The van der Waals surface area contributed by atoms with Gasteiger partial charge in [0.15, 0.2) is 5.96 Å². The number of H-pyrrole nitrogens is 1. The van der Waals surface area contributed by atoms with Gasteiger partial charge in [0.1, 0.15) is 5.01 Å². The first kappa shape index (κ1) is 17.9. The average Bonchev–Trinajstić information content (AvgIpc) is 3.10. The molecule has 2 rings (SSSR count). The lowest BCUT2D eigenvalue weighted by Gasteiger charge is -2.09. The highest BCUT2D eigenvalue weighted by atomic mass is 127. The van der Waals surface area contributed by atoms with Gasteiger partial charge in [0.2, 0.25) is 0 Å². The van der Waals surface area contributed by atoms with Gasteiger partial charge in [0, 0.05) is 18.6 Å². The molecule has 0 aliphatic rings. The van der Waals surface area contributed by atoms with Crippen LogP contribution in [0.1, 0.15) is 36.2 Å². The van der Waals surface area contributed by atoms with Crippen LogP contribution in [-0.4, -0.2) is 28.2 Å². The number of hydrogen-bond donors (Lipinski definition) is 3. The Balaban J connectivity index is 0.00000220. The van der Waals surface area contributed by atoms with Crippen LogP contribution in [-0.2, 0) is 13.1 Å². The Morgan fingerprint density at radius 3 is 2.71 bits per heavy atom. The second-order valence-corrected chi connectivity index (χ2v) is 5.62. The summed E-state index contributed by atoms with van der Waals surface area (Å²) in [4.78, 5) is 8.76. The maximum atomic E-state index is 4.58. The fourth-order valence-electron chi connectivity index (χ4n) is 1.61. The molecular weight excluding hydrogens is 399 g/mol. The normalized spacial score (nSPS) is 11.3. The quantitative estimate of drug-likeness (QED) is 0.395. The van der Waals surface area contributed by atoms with E-state index in [9.17, 15) is 0 Å². The zero-order valence-electron chi connectivity index (χ0n) is 12.4. The highest BCUT2D eigenvalue weighted by Gasteiger charge is 2.06. The molecule has 0 spiro atoms. The number of aliphatic imine (C=N–C) groups is 1. The SMILES string of the molecule is CN=C(NCc1ccn[nH]1)NCc1nc(C(C)C)cs1.I. The molecule has 0 fully saturated rings. The van der Waals surface area contributed by atoms with Gasteiger partial charge in [-0.15, -0.1) is 35.3 Å². The molecule has 0 aromatic carbocycles. The molecule has 0 atom stereocenters. The van der Waals surface area contributed by atoms with E-state index >= 15 is 0 Å². The van der Waals surface area contributed by atoms with Crippen LogP contribution in [0.25, 0.3) is 0 Å². The molecule has 0 radical (unpaired) electrons. The van der Waals surface area contributed by atoms with E-state index in [0.717, 1.165) is 22.4 Å². The van der Waals surface area contributed by atoms with Gasteiger partial charge in [-0.05, 0) is 12.0 Å². The molecule has 0 aliphatic carbocycles. The number of nitrogens with one attached hydrogen (secondary N) is 3. The van der Waals surface area contributed by atoms with E-state index in [0.29, 0.717) is 19.0 Å². The molecule has 116 valence electrons. The fraction of sp³-hybridized carbons (Fsp3) is 0.462. The summed E-state index contributed by atoms with van der Waals surface area (Å²) in [5.74, 6) is 1.22. The number of aromatic nitrogens is 3. The Morgan fingerprint density at radius 1 is 1.38 bits per heavy atom. The van der Waals surface area contributed by atoms with Crippen molar-refractivity contribution in [3.8, 4) is 0 Å². The molecule has 0 aliphatic heterocycles. The first-order chi connectivity index (χ1) is 9.69. The topological polar surface area (TPSA) is 78.0 Å². The summed E-state index contributed by atoms with van der Waals surface area (Å²) in [5.41, 5.74) is 2.16. The maximum Gasteiger partial charge on any atom is 0.191 e. The lowest BCUT2D eigenvalue weighted by Crippen LogP contribution is -2.36. The predicted octanol–water partition coefficient (Wildman–Crippen LogP) is 2.47.